The van der Waals surface area contributed by atoms with Crippen molar-refractivity contribution in [1.29, 1.82) is 0 Å². The number of hydrogen-bond acceptors (Lipinski definition) is 8. The molecule has 184 valence electrons. The van der Waals surface area contributed by atoms with Gasteiger partial charge < -0.3 is 9.80 Å². The van der Waals surface area contributed by atoms with Crippen LogP contribution in [0.3, 0.4) is 0 Å². The van der Waals surface area contributed by atoms with Crippen LogP contribution in [0.5, 0.6) is 0 Å². The van der Waals surface area contributed by atoms with Crippen LogP contribution < -0.4 is 5.32 Å². The van der Waals surface area contributed by atoms with Crippen molar-refractivity contribution in [2.75, 3.05) is 13.1 Å². The Balaban J connectivity index is 1.14. The largest absolute Gasteiger partial charge is 0.337 e. The third kappa shape index (κ3) is 3.82. The number of imide groups is 1. The van der Waals surface area contributed by atoms with Crippen molar-refractivity contribution in [2.45, 2.75) is 44.3 Å². The summed E-state index contributed by atoms with van der Waals surface area (Å²) in [5, 5.41) is 14.7. The van der Waals surface area contributed by atoms with Gasteiger partial charge in [-0.15, -0.1) is 5.10 Å². The molecule has 2 aromatic heterocycles. The number of nitrogens with one attached hydrogen (secondary N) is 1. The number of amides is 4. The maximum absolute atomic E-state index is 13.1. The summed E-state index contributed by atoms with van der Waals surface area (Å²) in [5.74, 6) is -1.23. The van der Waals surface area contributed by atoms with Crippen LogP contribution in [-0.4, -0.2) is 82.3 Å². The monoisotopic (exact) mass is 489 g/mol. The zero-order valence-corrected chi connectivity index (χ0v) is 19.3. The highest BCUT2D eigenvalue weighted by atomic mass is 16.2. The van der Waals surface area contributed by atoms with Crippen molar-refractivity contribution >= 4 is 23.6 Å². The van der Waals surface area contributed by atoms with E-state index >= 15 is 0 Å². The van der Waals surface area contributed by atoms with E-state index in [4.69, 9.17) is 0 Å². The van der Waals surface area contributed by atoms with Crippen molar-refractivity contribution in [3.05, 3.63) is 53.9 Å². The highest BCUT2D eigenvalue weighted by Crippen LogP contribution is 2.29. The van der Waals surface area contributed by atoms with E-state index in [1.165, 1.54) is 15.9 Å². The van der Waals surface area contributed by atoms with Gasteiger partial charge in [0.15, 0.2) is 5.69 Å². The standard InChI is InChI=1S/C23H23N9O4/c33-20-4-3-19(21(34)26-20)30-10-14-1-2-16(9-17(14)22(30)35)31-11-18(27-28-31)23(36)29-7-5-15(6-8-29)32-13-24-12-25-32/h1-2,9,11-13,15,19H,3-8,10H2,(H,26,33,34). The van der Waals surface area contributed by atoms with Crippen LogP contribution in [0.4, 0.5) is 0 Å². The number of hydrogen-bond donors (Lipinski definition) is 1. The third-order valence-corrected chi connectivity index (χ3v) is 7.05. The van der Waals surface area contributed by atoms with Gasteiger partial charge in [0.05, 0.1) is 17.9 Å². The average Bonchev–Trinajstić information content (AvgIpc) is 3.65. The van der Waals surface area contributed by atoms with Crippen molar-refractivity contribution in [1.82, 2.24) is 44.9 Å². The van der Waals surface area contributed by atoms with Crippen LogP contribution in [0.25, 0.3) is 5.69 Å². The van der Waals surface area contributed by atoms with E-state index in [-0.39, 0.29) is 35.9 Å². The summed E-state index contributed by atoms with van der Waals surface area (Å²) in [6.45, 7) is 1.46. The quantitative estimate of drug-likeness (QED) is 0.507. The van der Waals surface area contributed by atoms with Crippen LogP contribution >= 0.6 is 0 Å². The molecule has 5 heterocycles. The fourth-order valence-corrected chi connectivity index (χ4v) is 5.07. The summed E-state index contributed by atoms with van der Waals surface area (Å²) in [7, 11) is 0. The molecule has 1 unspecified atom stereocenters. The lowest BCUT2D eigenvalue weighted by atomic mass is 10.0. The van der Waals surface area contributed by atoms with E-state index in [2.05, 4.69) is 25.7 Å². The first-order valence-electron chi connectivity index (χ1n) is 11.8. The Hall–Kier alpha value is -4.42. The molecular formula is C23H23N9O4. The summed E-state index contributed by atoms with van der Waals surface area (Å²) in [4.78, 5) is 57.0. The lowest BCUT2D eigenvalue weighted by molar-refractivity contribution is -0.136. The molecule has 36 heavy (non-hydrogen) atoms. The van der Waals surface area contributed by atoms with E-state index in [1.807, 2.05) is 10.7 Å². The predicted octanol–water partition coefficient (Wildman–Crippen LogP) is 0.0971. The molecule has 2 saturated heterocycles. The molecule has 3 aliphatic heterocycles. The van der Waals surface area contributed by atoms with Gasteiger partial charge >= 0.3 is 0 Å². The van der Waals surface area contributed by atoms with Gasteiger partial charge in [0.25, 0.3) is 11.8 Å². The summed E-state index contributed by atoms with van der Waals surface area (Å²) in [6, 6.07) is 4.85. The molecule has 0 saturated carbocycles. The Bertz CT molecular complexity index is 1360. The maximum atomic E-state index is 13.1. The summed E-state index contributed by atoms with van der Waals surface area (Å²) in [5.41, 5.74) is 2.07. The van der Waals surface area contributed by atoms with E-state index < -0.39 is 11.9 Å². The Labute approximate surface area is 205 Å². The number of nitrogens with zero attached hydrogens (tertiary/aromatic N) is 8. The highest BCUT2D eigenvalue weighted by Gasteiger charge is 2.39. The van der Waals surface area contributed by atoms with Crippen LogP contribution in [0.1, 0.15) is 58.1 Å². The van der Waals surface area contributed by atoms with E-state index in [9.17, 15) is 19.2 Å². The first kappa shape index (κ1) is 22.1. The van der Waals surface area contributed by atoms with Gasteiger partial charge in [-0.05, 0) is 37.0 Å². The minimum atomic E-state index is -0.671. The normalized spacial score (nSPS) is 20.6. The first-order valence-corrected chi connectivity index (χ1v) is 11.8. The minimum absolute atomic E-state index is 0.195. The van der Waals surface area contributed by atoms with Crippen LogP contribution in [-0.2, 0) is 16.1 Å². The molecule has 2 fully saturated rings. The fourth-order valence-electron chi connectivity index (χ4n) is 5.07. The topological polar surface area (TPSA) is 148 Å². The highest BCUT2D eigenvalue weighted by molar-refractivity contribution is 6.05. The molecule has 6 rings (SSSR count). The molecule has 0 spiro atoms. The number of likely N-dealkylation sites (tertiary alicyclic amines) is 1. The lowest BCUT2D eigenvalue weighted by Gasteiger charge is -2.31. The molecule has 3 aromatic rings. The smallest absolute Gasteiger partial charge is 0.276 e. The number of benzene rings is 1. The molecule has 3 aliphatic rings. The zero-order chi connectivity index (χ0) is 24.8. The van der Waals surface area contributed by atoms with Gasteiger partial charge in [-0.2, -0.15) is 5.10 Å². The Morgan fingerprint density at radius 1 is 1.08 bits per heavy atom. The average molecular weight is 489 g/mol. The summed E-state index contributed by atoms with van der Waals surface area (Å²) in [6.07, 6.45) is 6.83. The zero-order valence-electron chi connectivity index (χ0n) is 19.3. The number of carbonyl (C=O) groups is 4. The minimum Gasteiger partial charge on any atom is -0.337 e. The van der Waals surface area contributed by atoms with Gasteiger partial charge in [0.2, 0.25) is 11.8 Å². The van der Waals surface area contributed by atoms with Crippen molar-refractivity contribution in [2.24, 2.45) is 0 Å². The third-order valence-electron chi connectivity index (χ3n) is 7.05. The van der Waals surface area contributed by atoms with Gasteiger partial charge in [0.1, 0.15) is 18.7 Å². The SMILES string of the molecule is O=C1CCC(N2Cc3ccc(-n4cc(C(=O)N5CCC(n6cncn6)CC5)nn4)cc3C2=O)C(=O)N1. The van der Waals surface area contributed by atoms with Crippen LogP contribution in [0.2, 0.25) is 0 Å². The molecule has 1 atom stereocenters. The predicted molar refractivity (Wildman–Crippen MR) is 122 cm³/mol. The number of fused-ring (bicyclic) bond motifs is 1. The second kappa shape index (κ2) is 8.66. The molecule has 13 heteroatoms. The van der Waals surface area contributed by atoms with Gasteiger partial charge in [-0.25, -0.2) is 14.3 Å². The summed E-state index contributed by atoms with van der Waals surface area (Å²) >= 11 is 0. The molecule has 13 nitrogen and oxygen atoms in total. The molecule has 0 bridgehead atoms. The molecule has 0 aliphatic carbocycles. The van der Waals surface area contributed by atoms with Crippen molar-refractivity contribution in [3.8, 4) is 5.69 Å². The first-order chi connectivity index (χ1) is 17.5. The maximum Gasteiger partial charge on any atom is 0.276 e. The van der Waals surface area contributed by atoms with Gasteiger partial charge in [0, 0.05) is 31.6 Å². The number of aromatic nitrogens is 6. The Morgan fingerprint density at radius 2 is 1.92 bits per heavy atom. The second-order valence-electron chi connectivity index (χ2n) is 9.19. The fraction of sp³-hybridized carbons (Fsp3) is 0.391. The van der Waals surface area contributed by atoms with Gasteiger partial charge in [-0.1, -0.05) is 11.3 Å². The Kier molecular flexibility index (Phi) is 5.31. The molecule has 1 N–H and O–H groups in total. The van der Waals surface area contributed by atoms with E-state index in [1.54, 1.807) is 29.6 Å². The number of piperidine rings is 2. The van der Waals surface area contributed by atoms with E-state index in [0.29, 0.717) is 37.3 Å². The van der Waals surface area contributed by atoms with Crippen molar-refractivity contribution < 1.29 is 19.2 Å². The molecule has 0 radical (unpaired) electrons. The van der Waals surface area contributed by atoms with Crippen LogP contribution in [0.15, 0.2) is 37.1 Å². The second-order valence-corrected chi connectivity index (χ2v) is 9.19. The van der Waals surface area contributed by atoms with Gasteiger partial charge in [-0.3, -0.25) is 24.5 Å². The Morgan fingerprint density at radius 3 is 2.67 bits per heavy atom. The molecular weight excluding hydrogens is 466 g/mol. The van der Waals surface area contributed by atoms with Crippen molar-refractivity contribution in [3.63, 3.8) is 0 Å². The number of rotatable bonds is 4. The van der Waals surface area contributed by atoms with Crippen LogP contribution in [0, 0.1) is 0 Å². The molecule has 1 aromatic carbocycles. The number of carbonyl (C=O) groups excluding carboxylic acids is 4. The van der Waals surface area contributed by atoms with E-state index in [0.717, 1.165) is 18.4 Å². The lowest BCUT2D eigenvalue weighted by Crippen LogP contribution is -2.52. The molecule has 4 amide bonds. The summed E-state index contributed by atoms with van der Waals surface area (Å²) < 4.78 is 3.30.